The molecule has 4 rings (SSSR count). The van der Waals surface area contributed by atoms with E-state index in [-0.39, 0.29) is 30.4 Å². The van der Waals surface area contributed by atoms with E-state index in [2.05, 4.69) is 0 Å². The summed E-state index contributed by atoms with van der Waals surface area (Å²) < 4.78 is 63.8. The maximum absolute atomic E-state index is 13.5. The minimum Gasteiger partial charge on any atom is -0.487 e. The topological polar surface area (TPSA) is 60.8 Å². The van der Waals surface area contributed by atoms with Crippen molar-refractivity contribution >= 4 is 11.7 Å². The third-order valence-corrected chi connectivity index (χ3v) is 5.12. The molecule has 0 N–H and O–H groups in total. The molecule has 30 heavy (non-hydrogen) atoms. The molecule has 2 fully saturated rings. The van der Waals surface area contributed by atoms with Gasteiger partial charge in [0.15, 0.2) is 0 Å². The Bertz CT molecular complexity index is 1040. The fraction of sp³-hybridized carbons (Fsp3) is 0.400. The highest BCUT2D eigenvalue weighted by atomic mass is 19.4. The Labute approximate surface area is 168 Å². The van der Waals surface area contributed by atoms with Gasteiger partial charge in [0, 0.05) is 18.3 Å². The predicted octanol–water partition coefficient (Wildman–Crippen LogP) is 3.40. The fourth-order valence-corrected chi connectivity index (χ4v) is 3.43. The first-order chi connectivity index (χ1) is 14.2. The zero-order valence-corrected chi connectivity index (χ0v) is 15.9. The predicted molar refractivity (Wildman–Crippen MR) is 98.3 cm³/mol. The molecule has 10 heteroatoms. The summed E-state index contributed by atoms with van der Waals surface area (Å²) in [5.41, 5.74) is -1.29. The highest BCUT2D eigenvalue weighted by molar-refractivity contribution is 5.95. The number of aromatic nitrogens is 1. The number of benzene rings is 1. The number of halogens is 4. The molecule has 1 aliphatic heterocycles. The van der Waals surface area contributed by atoms with Crippen LogP contribution in [0.3, 0.4) is 0 Å². The van der Waals surface area contributed by atoms with Crippen LogP contribution in [0, 0.1) is 5.82 Å². The van der Waals surface area contributed by atoms with Crippen molar-refractivity contribution in [1.82, 2.24) is 4.57 Å². The van der Waals surface area contributed by atoms with Crippen LogP contribution in [0.1, 0.15) is 34.8 Å². The molecule has 1 aromatic carbocycles. The molecule has 2 aromatic rings. The van der Waals surface area contributed by atoms with Gasteiger partial charge in [-0.15, -0.1) is 0 Å². The van der Waals surface area contributed by atoms with Crippen LogP contribution in [-0.2, 0) is 10.9 Å². The van der Waals surface area contributed by atoms with Crippen LogP contribution in [0.4, 0.5) is 23.2 Å². The van der Waals surface area contributed by atoms with Gasteiger partial charge in [-0.25, -0.2) is 9.18 Å². The van der Waals surface area contributed by atoms with E-state index < -0.39 is 35.2 Å². The molecular formula is C20H18F4N2O4. The Morgan fingerprint density at radius 2 is 1.87 bits per heavy atom. The number of alkyl halides is 3. The molecule has 0 bridgehead atoms. The second-order valence-electron chi connectivity index (χ2n) is 7.33. The van der Waals surface area contributed by atoms with Crippen molar-refractivity contribution in [1.29, 1.82) is 0 Å². The highest BCUT2D eigenvalue weighted by Crippen LogP contribution is 2.36. The summed E-state index contributed by atoms with van der Waals surface area (Å²) in [6.07, 6.45) is -1.85. The van der Waals surface area contributed by atoms with E-state index in [4.69, 9.17) is 9.47 Å². The first-order valence-corrected chi connectivity index (χ1v) is 9.30. The van der Waals surface area contributed by atoms with E-state index in [9.17, 15) is 27.2 Å². The van der Waals surface area contributed by atoms with Crippen molar-refractivity contribution < 1.29 is 31.8 Å². The first-order valence-electron chi connectivity index (χ1n) is 9.30. The smallest absolute Gasteiger partial charge is 0.416 e. The third-order valence-electron chi connectivity index (χ3n) is 5.12. The van der Waals surface area contributed by atoms with Crippen LogP contribution < -0.4 is 15.2 Å². The quantitative estimate of drug-likeness (QED) is 0.542. The lowest BCUT2D eigenvalue weighted by atomic mass is 10.1. The monoisotopic (exact) mass is 426 g/mol. The Hall–Kier alpha value is -3.04. The van der Waals surface area contributed by atoms with Gasteiger partial charge in [-0.3, -0.25) is 4.79 Å². The average Bonchev–Trinajstić information content (AvgIpc) is 3.47. The van der Waals surface area contributed by atoms with Crippen molar-refractivity contribution in [3.8, 4) is 5.75 Å². The molecule has 0 spiro atoms. The van der Waals surface area contributed by atoms with Gasteiger partial charge < -0.3 is 18.9 Å². The average molecular weight is 426 g/mol. The van der Waals surface area contributed by atoms with Crippen LogP contribution in [0.2, 0.25) is 0 Å². The number of rotatable bonds is 5. The Kier molecular flexibility index (Phi) is 4.95. The molecule has 1 saturated heterocycles. The number of carbonyl (C=O) groups is 1. The first kappa shape index (κ1) is 20.2. The molecule has 1 aromatic heterocycles. The van der Waals surface area contributed by atoms with Gasteiger partial charge >= 0.3 is 12.1 Å². The molecule has 6 nitrogen and oxygen atoms in total. The lowest BCUT2D eigenvalue weighted by Gasteiger charge is -2.41. The summed E-state index contributed by atoms with van der Waals surface area (Å²) in [6, 6.07) is 3.75. The number of nitrogens with zero attached hydrogens (tertiary/aromatic N) is 2. The summed E-state index contributed by atoms with van der Waals surface area (Å²) in [5.74, 6) is -2.04. The van der Waals surface area contributed by atoms with Crippen molar-refractivity contribution in [2.75, 3.05) is 25.1 Å². The number of anilines is 1. The Balaban J connectivity index is 1.51. The maximum Gasteiger partial charge on any atom is 0.416 e. The molecule has 2 aliphatic rings. The second kappa shape index (κ2) is 7.33. The third kappa shape index (κ3) is 3.86. The highest BCUT2D eigenvalue weighted by Gasteiger charge is 2.36. The lowest BCUT2D eigenvalue weighted by Crippen LogP contribution is -2.55. The molecule has 160 valence electrons. The van der Waals surface area contributed by atoms with Gasteiger partial charge in [0.05, 0.1) is 31.5 Å². The summed E-state index contributed by atoms with van der Waals surface area (Å²) in [5, 5.41) is 0. The number of pyridine rings is 1. The van der Waals surface area contributed by atoms with Gasteiger partial charge in [-0.2, -0.15) is 13.2 Å². The normalized spacial score (nSPS) is 16.9. The summed E-state index contributed by atoms with van der Waals surface area (Å²) in [7, 11) is 1.18. The largest absolute Gasteiger partial charge is 0.487 e. The number of hydrogen-bond acceptors (Lipinski definition) is 5. The van der Waals surface area contributed by atoms with Gasteiger partial charge in [0.25, 0.3) is 5.56 Å². The number of methoxy groups -OCH3 is 1. The molecular weight excluding hydrogens is 408 g/mol. The van der Waals surface area contributed by atoms with Crippen molar-refractivity contribution in [2.45, 2.75) is 31.2 Å². The SMILES string of the molecule is COC(=O)c1c(N2CC(Oc3cc(F)cc(C(F)(F)F)c3)C2)ccn(C2CC2)c1=O. The van der Waals surface area contributed by atoms with Crippen LogP contribution in [0.5, 0.6) is 5.75 Å². The van der Waals surface area contributed by atoms with Gasteiger partial charge in [-0.1, -0.05) is 0 Å². The molecule has 0 amide bonds. The van der Waals surface area contributed by atoms with Crippen LogP contribution in [-0.4, -0.2) is 36.8 Å². The van der Waals surface area contributed by atoms with E-state index in [0.717, 1.165) is 25.0 Å². The number of ether oxygens (including phenoxy) is 2. The summed E-state index contributed by atoms with van der Waals surface area (Å²) in [6.45, 7) is 0.434. The van der Waals surface area contributed by atoms with Gasteiger partial charge in [0.2, 0.25) is 0 Å². The molecule has 0 radical (unpaired) electrons. The minimum absolute atomic E-state index is 0.0817. The van der Waals surface area contributed by atoms with Crippen molar-refractivity contribution in [3.05, 3.63) is 57.8 Å². The molecule has 0 atom stereocenters. The van der Waals surface area contributed by atoms with Crippen LogP contribution >= 0.6 is 0 Å². The van der Waals surface area contributed by atoms with Gasteiger partial charge in [0.1, 0.15) is 23.2 Å². The van der Waals surface area contributed by atoms with E-state index in [1.807, 2.05) is 0 Å². The van der Waals surface area contributed by atoms with E-state index in [1.54, 1.807) is 17.2 Å². The molecule has 0 unspecified atom stereocenters. The maximum atomic E-state index is 13.5. The zero-order valence-electron chi connectivity index (χ0n) is 15.9. The summed E-state index contributed by atoms with van der Waals surface area (Å²) in [4.78, 5) is 26.6. The number of esters is 1. The van der Waals surface area contributed by atoms with Crippen LogP contribution in [0.25, 0.3) is 0 Å². The Morgan fingerprint density at radius 1 is 1.17 bits per heavy atom. The zero-order chi connectivity index (χ0) is 21.6. The number of carbonyl (C=O) groups excluding carboxylic acids is 1. The second-order valence-corrected chi connectivity index (χ2v) is 7.33. The molecule has 2 heterocycles. The van der Waals surface area contributed by atoms with Gasteiger partial charge in [-0.05, 0) is 31.0 Å². The van der Waals surface area contributed by atoms with Crippen molar-refractivity contribution in [3.63, 3.8) is 0 Å². The number of hydrogen-bond donors (Lipinski definition) is 0. The van der Waals surface area contributed by atoms with Crippen molar-refractivity contribution in [2.24, 2.45) is 0 Å². The van der Waals surface area contributed by atoms with Crippen LogP contribution in [0.15, 0.2) is 35.3 Å². The summed E-state index contributed by atoms with van der Waals surface area (Å²) >= 11 is 0. The molecule has 1 saturated carbocycles. The van der Waals surface area contributed by atoms with E-state index in [1.165, 1.54) is 11.7 Å². The molecule has 1 aliphatic carbocycles. The lowest BCUT2D eigenvalue weighted by molar-refractivity contribution is -0.137. The van der Waals surface area contributed by atoms with E-state index >= 15 is 0 Å². The Morgan fingerprint density at radius 3 is 2.47 bits per heavy atom. The standard InChI is InChI=1S/C20H18F4N2O4/c1-29-19(28)17-16(4-5-26(18(17)27)13-2-3-13)25-9-15(10-25)30-14-7-11(20(22,23)24)6-12(21)8-14/h4-8,13,15H,2-3,9-10H2,1H3. The van der Waals surface area contributed by atoms with E-state index in [0.29, 0.717) is 11.8 Å². The fourth-order valence-electron chi connectivity index (χ4n) is 3.43. The minimum atomic E-state index is -4.69.